The zero-order valence-corrected chi connectivity index (χ0v) is 15.5. The Balaban J connectivity index is 1.49. The molecule has 1 aromatic carbocycles. The molecule has 2 atom stereocenters. The summed E-state index contributed by atoms with van der Waals surface area (Å²) in [7, 11) is 0. The quantitative estimate of drug-likeness (QED) is 0.909. The van der Waals surface area contributed by atoms with Gasteiger partial charge in [0.2, 0.25) is 0 Å². The predicted octanol–water partition coefficient (Wildman–Crippen LogP) is 3.36. The van der Waals surface area contributed by atoms with Crippen LogP contribution in [0.25, 0.3) is 0 Å². The first kappa shape index (κ1) is 18.2. The Morgan fingerprint density at radius 2 is 1.76 bits per heavy atom. The summed E-state index contributed by atoms with van der Waals surface area (Å²) >= 11 is 0. The number of nitrogens with zero attached hydrogens (tertiary/aromatic N) is 1. The number of rotatable bonds is 4. The van der Waals surface area contributed by atoms with Crippen molar-refractivity contribution in [2.75, 3.05) is 26.3 Å². The van der Waals surface area contributed by atoms with E-state index in [0.29, 0.717) is 19.1 Å². The van der Waals surface area contributed by atoms with Gasteiger partial charge in [0, 0.05) is 31.0 Å². The third kappa shape index (κ3) is 4.15. The molecule has 2 aliphatic heterocycles. The minimum atomic E-state index is -0.461. The molecule has 3 rings (SSSR count). The van der Waals surface area contributed by atoms with E-state index in [2.05, 4.69) is 31.3 Å². The minimum absolute atomic E-state index is 0.0344. The van der Waals surface area contributed by atoms with Crippen LogP contribution < -0.4 is 5.32 Å². The topological polar surface area (TPSA) is 50.8 Å². The average molecular weight is 346 g/mol. The highest BCUT2D eigenvalue weighted by Gasteiger charge is 2.41. The van der Waals surface area contributed by atoms with Gasteiger partial charge in [0.05, 0.1) is 13.2 Å². The molecule has 2 heterocycles. The maximum Gasteiger partial charge on any atom is 0.317 e. The molecule has 5 heteroatoms. The molecule has 1 aromatic rings. The van der Waals surface area contributed by atoms with E-state index in [4.69, 9.17) is 9.47 Å². The Labute approximate surface area is 150 Å². The van der Waals surface area contributed by atoms with Crippen molar-refractivity contribution in [3.63, 3.8) is 0 Å². The van der Waals surface area contributed by atoms with E-state index in [1.807, 2.05) is 30.0 Å². The number of nitrogens with one attached hydrogen (secondary N) is 1. The molecule has 0 radical (unpaired) electrons. The van der Waals surface area contributed by atoms with E-state index in [9.17, 15) is 4.79 Å². The van der Waals surface area contributed by atoms with Crippen molar-refractivity contribution >= 4 is 6.03 Å². The van der Waals surface area contributed by atoms with E-state index >= 15 is 0 Å². The van der Waals surface area contributed by atoms with Gasteiger partial charge in [-0.25, -0.2) is 4.79 Å². The van der Waals surface area contributed by atoms with Crippen LogP contribution in [0.2, 0.25) is 0 Å². The van der Waals surface area contributed by atoms with Crippen LogP contribution in [0, 0.1) is 5.92 Å². The number of carbonyl (C=O) groups is 1. The van der Waals surface area contributed by atoms with Crippen molar-refractivity contribution < 1.29 is 14.3 Å². The highest BCUT2D eigenvalue weighted by molar-refractivity contribution is 5.74. The fourth-order valence-electron chi connectivity index (χ4n) is 3.83. The van der Waals surface area contributed by atoms with E-state index in [1.54, 1.807) is 0 Å². The zero-order valence-electron chi connectivity index (χ0n) is 15.5. The molecule has 0 spiro atoms. The molecule has 2 fully saturated rings. The number of likely N-dealkylation sites (tertiary alicyclic amines) is 1. The molecule has 0 saturated carbocycles. The molecule has 0 aromatic heterocycles. The van der Waals surface area contributed by atoms with Gasteiger partial charge in [-0.3, -0.25) is 0 Å². The van der Waals surface area contributed by atoms with E-state index in [0.717, 1.165) is 25.9 Å². The molecule has 1 N–H and O–H groups in total. The molecule has 2 saturated heterocycles. The van der Waals surface area contributed by atoms with Crippen LogP contribution in [0.15, 0.2) is 30.3 Å². The Bertz CT molecular complexity index is 564. The Morgan fingerprint density at radius 1 is 1.16 bits per heavy atom. The van der Waals surface area contributed by atoms with E-state index in [1.165, 1.54) is 5.56 Å². The number of carbonyl (C=O) groups excluding carboxylic acids is 1. The van der Waals surface area contributed by atoms with Crippen molar-refractivity contribution in [3.05, 3.63) is 35.9 Å². The highest BCUT2D eigenvalue weighted by Crippen LogP contribution is 2.35. The fraction of sp³-hybridized carbons (Fsp3) is 0.650. The van der Waals surface area contributed by atoms with Gasteiger partial charge >= 0.3 is 6.03 Å². The first-order valence-corrected chi connectivity index (χ1v) is 9.38. The Kier molecular flexibility index (Phi) is 5.64. The maximum absolute atomic E-state index is 12.6. The van der Waals surface area contributed by atoms with E-state index in [-0.39, 0.29) is 18.0 Å². The third-order valence-corrected chi connectivity index (χ3v) is 5.81. The number of piperidine rings is 1. The lowest BCUT2D eigenvalue weighted by atomic mass is 9.89. The fourth-order valence-corrected chi connectivity index (χ4v) is 3.83. The number of ether oxygens (including phenoxy) is 2. The van der Waals surface area contributed by atoms with Crippen molar-refractivity contribution in [1.29, 1.82) is 0 Å². The molecule has 138 valence electrons. The van der Waals surface area contributed by atoms with Gasteiger partial charge in [-0.2, -0.15) is 0 Å². The summed E-state index contributed by atoms with van der Waals surface area (Å²) in [6.07, 6.45) is 1.85. The second-order valence-electron chi connectivity index (χ2n) is 7.41. The normalized spacial score (nSPS) is 23.2. The van der Waals surface area contributed by atoms with Crippen LogP contribution in [0.4, 0.5) is 4.79 Å². The van der Waals surface area contributed by atoms with Crippen LogP contribution in [0.5, 0.6) is 0 Å². The van der Waals surface area contributed by atoms with Crippen LogP contribution >= 0.6 is 0 Å². The van der Waals surface area contributed by atoms with Crippen molar-refractivity contribution in [2.24, 2.45) is 5.92 Å². The van der Waals surface area contributed by atoms with Gasteiger partial charge in [0.25, 0.3) is 0 Å². The summed E-state index contributed by atoms with van der Waals surface area (Å²) in [5, 5.41) is 3.17. The predicted molar refractivity (Wildman–Crippen MR) is 97.5 cm³/mol. The van der Waals surface area contributed by atoms with Crippen LogP contribution in [0.3, 0.4) is 0 Å². The monoisotopic (exact) mass is 346 g/mol. The molecule has 0 bridgehead atoms. The second-order valence-corrected chi connectivity index (χ2v) is 7.41. The first-order chi connectivity index (χ1) is 12.0. The van der Waals surface area contributed by atoms with Gasteiger partial charge in [-0.05, 0) is 32.3 Å². The summed E-state index contributed by atoms with van der Waals surface area (Å²) in [6.45, 7) is 9.12. The third-order valence-electron chi connectivity index (χ3n) is 5.81. The average Bonchev–Trinajstić information content (AvgIpc) is 3.09. The summed E-state index contributed by atoms with van der Waals surface area (Å²) < 4.78 is 11.6. The van der Waals surface area contributed by atoms with Gasteiger partial charge in [-0.15, -0.1) is 0 Å². The summed E-state index contributed by atoms with van der Waals surface area (Å²) in [6, 6.07) is 10.4. The van der Waals surface area contributed by atoms with Crippen molar-refractivity contribution in [2.45, 2.75) is 51.4 Å². The largest absolute Gasteiger partial charge is 0.348 e. The summed E-state index contributed by atoms with van der Waals surface area (Å²) in [4.78, 5) is 14.5. The standard InChI is InChI=1S/C20H30N2O3/c1-15(17-7-5-4-6-8-17)16(2)21-19(23)22-11-9-18(10-12-22)20(3)24-13-14-25-20/h4-8,15-16,18H,9-14H2,1-3H3,(H,21,23)/t15-,16+/m0/s1. The van der Waals surface area contributed by atoms with Gasteiger partial charge < -0.3 is 19.7 Å². The SMILES string of the molecule is C[C@H](c1ccccc1)[C@@H](C)NC(=O)N1CCC(C2(C)OCCO2)CC1. The molecule has 2 amide bonds. The first-order valence-electron chi connectivity index (χ1n) is 9.38. The number of amides is 2. The van der Waals surface area contributed by atoms with Gasteiger partial charge in [0.1, 0.15) is 0 Å². The lowest BCUT2D eigenvalue weighted by Gasteiger charge is -2.39. The summed E-state index contributed by atoms with van der Waals surface area (Å²) in [5.41, 5.74) is 1.25. The van der Waals surface area contributed by atoms with Crippen LogP contribution in [0.1, 0.15) is 45.1 Å². The molecule has 5 nitrogen and oxygen atoms in total. The lowest BCUT2D eigenvalue weighted by molar-refractivity contribution is -0.189. The lowest BCUT2D eigenvalue weighted by Crippen LogP contribution is -2.51. The Morgan fingerprint density at radius 3 is 2.36 bits per heavy atom. The molecule has 0 aliphatic carbocycles. The molecule has 25 heavy (non-hydrogen) atoms. The molecule has 2 aliphatic rings. The number of hydrogen-bond acceptors (Lipinski definition) is 3. The van der Waals surface area contributed by atoms with Crippen LogP contribution in [-0.4, -0.2) is 49.1 Å². The van der Waals surface area contributed by atoms with Crippen molar-refractivity contribution in [3.8, 4) is 0 Å². The van der Waals surface area contributed by atoms with Crippen molar-refractivity contribution in [1.82, 2.24) is 10.2 Å². The van der Waals surface area contributed by atoms with Gasteiger partial charge in [0.15, 0.2) is 5.79 Å². The van der Waals surface area contributed by atoms with Gasteiger partial charge in [-0.1, -0.05) is 37.3 Å². The molecular formula is C20H30N2O3. The maximum atomic E-state index is 12.6. The smallest absolute Gasteiger partial charge is 0.317 e. The number of hydrogen-bond donors (Lipinski definition) is 1. The number of benzene rings is 1. The van der Waals surface area contributed by atoms with Crippen LogP contribution in [-0.2, 0) is 9.47 Å². The van der Waals surface area contributed by atoms with E-state index < -0.39 is 5.79 Å². The zero-order chi connectivity index (χ0) is 17.9. The molecular weight excluding hydrogens is 316 g/mol. The number of urea groups is 1. The summed E-state index contributed by atoms with van der Waals surface area (Å²) in [5.74, 6) is 0.180. The Hall–Kier alpha value is -1.59. The molecule has 0 unspecified atom stereocenters. The minimum Gasteiger partial charge on any atom is -0.348 e. The second kappa shape index (κ2) is 7.75. The highest BCUT2D eigenvalue weighted by atomic mass is 16.7.